The Labute approximate surface area is 134 Å². The summed E-state index contributed by atoms with van der Waals surface area (Å²) >= 11 is 1.80. The number of piperazine rings is 1. The van der Waals surface area contributed by atoms with E-state index in [0.29, 0.717) is 24.0 Å². The largest absolute Gasteiger partial charge is 0.311 e. The van der Waals surface area contributed by atoms with Crippen LogP contribution in [-0.2, 0) is 0 Å². The van der Waals surface area contributed by atoms with Crippen molar-refractivity contribution in [1.29, 1.82) is 0 Å². The summed E-state index contributed by atoms with van der Waals surface area (Å²) in [7, 11) is 0. The number of aromatic nitrogens is 1. The van der Waals surface area contributed by atoms with E-state index < -0.39 is 0 Å². The fourth-order valence-electron chi connectivity index (χ4n) is 3.51. The van der Waals surface area contributed by atoms with Gasteiger partial charge in [0, 0.05) is 36.8 Å². The molecule has 3 nitrogen and oxygen atoms in total. The molecule has 0 spiro atoms. The fourth-order valence-corrected chi connectivity index (χ4v) is 4.36. The van der Waals surface area contributed by atoms with Gasteiger partial charge in [0.05, 0.1) is 6.04 Å². The average Bonchev–Trinajstić information content (AvgIpc) is 2.92. The molecule has 1 saturated heterocycles. The van der Waals surface area contributed by atoms with Gasteiger partial charge in [-0.1, -0.05) is 34.6 Å². The van der Waals surface area contributed by atoms with E-state index in [1.807, 2.05) is 6.20 Å². The monoisotopic (exact) mass is 309 g/mol. The Kier molecular flexibility index (Phi) is 6.20. The van der Waals surface area contributed by atoms with Gasteiger partial charge in [-0.05, 0) is 24.7 Å². The normalized spacial score (nSPS) is 25.7. The molecule has 4 heteroatoms. The van der Waals surface area contributed by atoms with Crippen LogP contribution in [0.1, 0.15) is 58.5 Å². The summed E-state index contributed by atoms with van der Waals surface area (Å²) in [6.07, 6.45) is 4.35. The first-order chi connectivity index (χ1) is 10.0. The Hall–Kier alpha value is -0.450. The van der Waals surface area contributed by atoms with Crippen LogP contribution in [0.3, 0.4) is 0 Å². The van der Waals surface area contributed by atoms with Gasteiger partial charge in [0.1, 0.15) is 5.01 Å². The number of hydrogen-bond donors (Lipinski definition) is 1. The van der Waals surface area contributed by atoms with Crippen LogP contribution in [0.4, 0.5) is 0 Å². The van der Waals surface area contributed by atoms with Crippen LogP contribution in [0, 0.1) is 11.8 Å². The first-order valence-electron chi connectivity index (χ1n) is 8.41. The second kappa shape index (κ2) is 7.70. The molecule has 0 saturated carbocycles. The van der Waals surface area contributed by atoms with E-state index in [2.05, 4.69) is 55.2 Å². The van der Waals surface area contributed by atoms with Gasteiger partial charge in [-0.15, -0.1) is 11.3 Å². The summed E-state index contributed by atoms with van der Waals surface area (Å²) in [5, 5.41) is 7.17. The second-order valence-corrected chi connectivity index (χ2v) is 7.96. The molecule has 2 heterocycles. The molecule has 3 unspecified atom stereocenters. The van der Waals surface area contributed by atoms with E-state index in [0.717, 1.165) is 25.4 Å². The Morgan fingerprint density at radius 1 is 1.38 bits per heavy atom. The van der Waals surface area contributed by atoms with Crippen LogP contribution in [0.5, 0.6) is 0 Å². The lowest BCUT2D eigenvalue weighted by Crippen LogP contribution is -2.59. The number of rotatable bonds is 6. The lowest BCUT2D eigenvalue weighted by atomic mass is 9.93. The zero-order chi connectivity index (χ0) is 15.4. The summed E-state index contributed by atoms with van der Waals surface area (Å²) in [6.45, 7) is 13.9. The van der Waals surface area contributed by atoms with Gasteiger partial charge in [-0.3, -0.25) is 4.90 Å². The van der Waals surface area contributed by atoms with Crippen molar-refractivity contribution in [3.8, 4) is 0 Å². The van der Waals surface area contributed by atoms with Crippen LogP contribution in [-0.4, -0.2) is 35.1 Å². The number of nitrogens with one attached hydrogen (secondary N) is 1. The molecule has 1 aliphatic rings. The minimum Gasteiger partial charge on any atom is -0.311 e. The third-order valence-electron chi connectivity index (χ3n) is 4.52. The predicted octanol–water partition coefficient (Wildman–Crippen LogP) is 3.94. The SMILES string of the molecule is CCC(c1nccs1)N1CC(CC(C)C)NCC1C(C)C. The highest BCUT2D eigenvalue weighted by Crippen LogP contribution is 2.32. The molecule has 0 radical (unpaired) electrons. The van der Waals surface area contributed by atoms with E-state index in [1.165, 1.54) is 11.4 Å². The van der Waals surface area contributed by atoms with Crippen molar-refractivity contribution < 1.29 is 0 Å². The molecule has 0 aromatic carbocycles. The molecule has 2 rings (SSSR count). The molecule has 21 heavy (non-hydrogen) atoms. The van der Waals surface area contributed by atoms with Gasteiger partial charge < -0.3 is 5.32 Å². The molecule has 3 atom stereocenters. The minimum absolute atomic E-state index is 0.481. The minimum atomic E-state index is 0.481. The van der Waals surface area contributed by atoms with Crippen molar-refractivity contribution in [2.75, 3.05) is 13.1 Å². The maximum Gasteiger partial charge on any atom is 0.110 e. The standard InChI is InChI=1S/C17H31N3S/c1-6-15(17-18-7-8-21-17)20-11-14(9-12(2)3)19-10-16(20)13(4)5/h7-8,12-16,19H,6,9-11H2,1-5H3. The Morgan fingerprint density at radius 2 is 2.14 bits per heavy atom. The van der Waals surface area contributed by atoms with Crippen LogP contribution >= 0.6 is 11.3 Å². The van der Waals surface area contributed by atoms with Crippen molar-refractivity contribution in [3.63, 3.8) is 0 Å². The van der Waals surface area contributed by atoms with Crippen LogP contribution in [0.15, 0.2) is 11.6 Å². The van der Waals surface area contributed by atoms with Crippen LogP contribution in [0.25, 0.3) is 0 Å². The summed E-state index contributed by atoms with van der Waals surface area (Å²) in [4.78, 5) is 7.33. The average molecular weight is 310 g/mol. The van der Waals surface area contributed by atoms with Gasteiger partial charge in [-0.2, -0.15) is 0 Å². The van der Waals surface area contributed by atoms with Gasteiger partial charge in [-0.25, -0.2) is 4.98 Å². The van der Waals surface area contributed by atoms with E-state index in [-0.39, 0.29) is 0 Å². The van der Waals surface area contributed by atoms with Crippen molar-refractivity contribution >= 4 is 11.3 Å². The number of nitrogens with zero attached hydrogens (tertiary/aromatic N) is 2. The molecule has 0 bridgehead atoms. The van der Waals surface area contributed by atoms with Crippen molar-refractivity contribution in [1.82, 2.24) is 15.2 Å². The van der Waals surface area contributed by atoms with Crippen molar-refractivity contribution in [3.05, 3.63) is 16.6 Å². The molecule has 0 aliphatic carbocycles. The second-order valence-electron chi connectivity index (χ2n) is 7.04. The molecule has 1 aromatic rings. The number of hydrogen-bond acceptors (Lipinski definition) is 4. The smallest absolute Gasteiger partial charge is 0.110 e. The third kappa shape index (κ3) is 4.27. The lowest BCUT2D eigenvalue weighted by Gasteiger charge is -2.46. The molecule has 1 aliphatic heterocycles. The van der Waals surface area contributed by atoms with Gasteiger partial charge in [0.15, 0.2) is 0 Å². The molecule has 1 N–H and O–H groups in total. The Bertz CT molecular complexity index is 402. The highest BCUT2D eigenvalue weighted by molar-refractivity contribution is 7.09. The van der Waals surface area contributed by atoms with E-state index >= 15 is 0 Å². The van der Waals surface area contributed by atoms with E-state index in [9.17, 15) is 0 Å². The first-order valence-corrected chi connectivity index (χ1v) is 9.29. The Morgan fingerprint density at radius 3 is 2.67 bits per heavy atom. The van der Waals surface area contributed by atoms with Crippen molar-refractivity contribution in [2.24, 2.45) is 11.8 Å². The predicted molar refractivity (Wildman–Crippen MR) is 91.7 cm³/mol. The first kappa shape index (κ1) is 16.9. The lowest BCUT2D eigenvalue weighted by molar-refractivity contribution is 0.0483. The number of thiazole rings is 1. The quantitative estimate of drug-likeness (QED) is 0.862. The molecular weight excluding hydrogens is 278 g/mol. The summed E-state index contributed by atoms with van der Waals surface area (Å²) in [5.74, 6) is 1.42. The molecule has 120 valence electrons. The van der Waals surface area contributed by atoms with Crippen molar-refractivity contribution in [2.45, 2.75) is 65.6 Å². The van der Waals surface area contributed by atoms with Gasteiger partial charge in [0.25, 0.3) is 0 Å². The van der Waals surface area contributed by atoms with Gasteiger partial charge >= 0.3 is 0 Å². The summed E-state index contributed by atoms with van der Waals surface area (Å²) < 4.78 is 0. The zero-order valence-corrected chi connectivity index (χ0v) is 15.0. The molecule has 1 aromatic heterocycles. The maximum absolute atomic E-state index is 4.60. The maximum atomic E-state index is 4.60. The van der Waals surface area contributed by atoms with Crippen LogP contribution in [0.2, 0.25) is 0 Å². The molecule has 0 amide bonds. The van der Waals surface area contributed by atoms with E-state index in [4.69, 9.17) is 0 Å². The third-order valence-corrected chi connectivity index (χ3v) is 5.40. The Balaban J connectivity index is 2.16. The summed E-state index contributed by atoms with van der Waals surface area (Å²) in [5.41, 5.74) is 0. The highest BCUT2D eigenvalue weighted by atomic mass is 32.1. The summed E-state index contributed by atoms with van der Waals surface area (Å²) in [6, 6.07) is 1.71. The molecular formula is C17H31N3S. The zero-order valence-electron chi connectivity index (χ0n) is 14.2. The van der Waals surface area contributed by atoms with Gasteiger partial charge in [0.2, 0.25) is 0 Å². The van der Waals surface area contributed by atoms with Crippen LogP contribution < -0.4 is 5.32 Å². The van der Waals surface area contributed by atoms with E-state index in [1.54, 1.807) is 11.3 Å². The fraction of sp³-hybridized carbons (Fsp3) is 0.824. The molecule has 1 fully saturated rings. The topological polar surface area (TPSA) is 28.2 Å². The highest BCUT2D eigenvalue weighted by Gasteiger charge is 2.35.